The Morgan fingerprint density at radius 1 is 1.06 bits per heavy atom. The number of carbonyl (C=O) groups is 1. The SMILES string of the molecule is CC(C)[C@@H](C)[C@@]1(C)CC[C@]2(C)[C@H]3CC[C@@H]4[C@@]5(C)COC[C@@]4(C3=CC[C@@]2(C)[C@@H]1C(=O)O)[C@@H](OC[C@H]1CCCN1C)[C@H](n1ncnc1-c1ccncc1)C5. The second-order valence-electron chi connectivity index (χ2n) is 19.4. The molecular formula is C43H63N5O4. The fraction of sp³-hybridized carbons (Fsp3) is 0.767. The molecule has 9 nitrogen and oxygen atoms in total. The van der Waals surface area contributed by atoms with Crippen molar-refractivity contribution in [3.63, 3.8) is 0 Å². The summed E-state index contributed by atoms with van der Waals surface area (Å²) < 4.78 is 16.5. The molecule has 2 aliphatic heterocycles. The molecule has 5 fully saturated rings. The molecule has 4 aliphatic carbocycles. The summed E-state index contributed by atoms with van der Waals surface area (Å²) in [6.07, 6.45) is 16.0. The summed E-state index contributed by atoms with van der Waals surface area (Å²) in [5, 5.41) is 16.2. The van der Waals surface area contributed by atoms with Crippen LogP contribution in [0.15, 0.2) is 42.5 Å². The molecule has 9 heteroatoms. The Hall–Kier alpha value is -2.62. The Kier molecular flexibility index (Phi) is 8.90. The molecule has 284 valence electrons. The van der Waals surface area contributed by atoms with E-state index in [2.05, 4.69) is 76.2 Å². The predicted molar refractivity (Wildman–Crippen MR) is 201 cm³/mol. The van der Waals surface area contributed by atoms with Crippen LogP contribution >= 0.6 is 0 Å². The fourth-order valence-corrected chi connectivity index (χ4v) is 13.7. The number of carboxylic acids is 1. The third-order valence-electron chi connectivity index (χ3n) is 17.0. The third kappa shape index (κ3) is 5.03. The number of rotatable bonds is 8. The number of pyridine rings is 1. The van der Waals surface area contributed by atoms with E-state index in [4.69, 9.17) is 19.6 Å². The molecule has 0 radical (unpaired) electrons. The van der Waals surface area contributed by atoms with Gasteiger partial charge >= 0.3 is 5.97 Å². The molecule has 2 saturated heterocycles. The van der Waals surface area contributed by atoms with Crippen LogP contribution in [0.3, 0.4) is 0 Å². The van der Waals surface area contributed by atoms with Gasteiger partial charge in [0.15, 0.2) is 5.82 Å². The number of aromatic nitrogens is 4. The minimum absolute atomic E-state index is 0.0309. The van der Waals surface area contributed by atoms with Crippen molar-refractivity contribution in [3.05, 3.63) is 42.5 Å². The highest BCUT2D eigenvalue weighted by atomic mass is 16.5. The van der Waals surface area contributed by atoms with E-state index in [0.717, 1.165) is 69.5 Å². The molecule has 4 heterocycles. The highest BCUT2D eigenvalue weighted by Gasteiger charge is 2.72. The number of hydrogen-bond acceptors (Lipinski definition) is 7. The molecule has 0 spiro atoms. The Bertz CT molecular complexity index is 1690. The highest BCUT2D eigenvalue weighted by Crippen LogP contribution is 2.75. The normalized spacial score (nSPS) is 43.7. The molecule has 0 unspecified atom stereocenters. The lowest BCUT2D eigenvalue weighted by Gasteiger charge is -2.71. The van der Waals surface area contributed by atoms with Gasteiger partial charge in [0.25, 0.3) is 0 Å². The predicted octanol–water partition coefficient (Wildman–Crippen LogP) is 7.95. The van der Waals surface area contributed by atoms with Gasteiger partial charge in [-0.25, -0.2) is 9.67 Å². The van der Waals surface area contributed by atoms with E-state index in [1.807, 2.05) is 24.5 Å². The molecule has 2 aromatic heterocycles. The fourth-order valence-electron chi connectivity index (χ4n) is 13.7. The van der Waals surface area contributed by atoms with Crippen molar-refractivity contribution in [1.82, 2.24) is 24.6 Å². The molecule has 2 aromatic rings. The zero-order chi connectivity index (χ0) is 36.8. The molecular weight excluding hydrogens is 651 g/mol. The van der Waals surface area contributed by atoms with Crippen molar-refractivity contribution in [2.75, 3.05) is 33.4 Å². The molecule has 8 rings (SSSR count). The number of hydrogen-bond donors (Lipinski definition) is 1. The summed E-state index contributed by atoms with van der Waals surface area (Å²) in [6.45, 7) is 19.6. The van der Waals surface area contributed by atoms with Gasteiger partial charge in [-0.2, -0.15) is 5.10 Å². The van der Waals surface area contributed by atoms with E-state index in [-0.39, 0.29) is 45.1 Å². The van der Waals surface area contributed by atoms with Crippen molar-refractivity contribution < 1.29 is 19.4 Å². The van der Waals surface area contributed by atoms with Crippen molar-refractivity contribution in [2.45, 2.75) is 118 Å². The highest BCUT2D eigenvalue weighted by molar-refractivity contribution is 5.73. The van der Waals surface area contributed by atoms with Gasteiger partial charge in [-0.05, 0) is 122 Å². The van der Waals surface area contributed by atoms with Crippen molar-refractivity contribution in [2.24, 2.45) is 56.7 Å². The van der Waals surface area contributed by atoms with Crippen LogP contribution < -0.4 is 0 Å². The minimum atomic E-state index is -0.616. The second kappa shape index (κ2) is 12.7. The summed E-state index contributed by atoms with van der Waals surface area (Å²) in [5.74, 6) is 1.23. The first-order valence-electron chi connectivity index (χ1n) is 20.3. The lowest BCUT2D eigenvalue weighted by Crippen LogP contribution is -2.70. The molecule has 0 amide bonds. The first-order valence-corrected chi connectivity index (χ1v) is 20.3. The number of ether oxygens (including phenoxy) is 2. The maximum Gasteiger partial charge on any atom is 0.307 e. The molecule has 6 aliphatic rings. The Morgan fingerprint density at radius 2 is 1.83 bits per heavy atom. The smallest absolute Gasteiger partial charge is 0.307 e. The van der Waals surface area contributed by atoms with Gasteiger partial charge < -0.3 is 19.5 Å². The number of carboxylic acid groups (broad SMARTS) is 1. The number of allylic oxidation sites excluding steroid dienone is 1. The zero-order valence-corrected chi connectivity index (χ0v) is 33.0. The monoisotopic (exact) mass is 713 g/mol. The lowest BCUT2D eigenvalue weighted by molar-refractivity contribution is -0.253. The van der Waals surface area contributed by atoms with Gasteiger partial charge in [-0.15, -0.1) is 0 Å². The largest absolute Gasteiger partial charge is 0.481 e. The average Bonchev–Trinajstić information content (AvgIpc) is 3.77. The molecule has 12 atom stereocenters. The maximum atomic E-state index is 13.6. The van der Waals surface area contributed by atoms with Gasteiger partial charge in [0.1, 0.15) is 6.33 Å². The van der Waals surface area contributed by atoms with Gasteiger partial charge in [-0.3, -0.25) is 9.78 Å². The van der Waals surface area contributed by atoms with Crippen LogP contribution in [0, 0.1) is 56.7 Å². The third-order valence-corrected chi connectivity index (χ3v) is 17.0. The topological polar surface area (TPSA) is 103 Å². The summed E-state index contributed by atoms with van der Waals surface area (Å²) in [4.78, 5) is 25.2. The standard InChI is InChI=1S/C43H63N5O4/c1-27(2)28(3)40(5)17-18-41(6)31-11-12-34-39(4)22-33(48-37(45-26-46-48)29-14-19-44-20-15-29)36(52-23-30-10-9-21-47(30)8)43(34,25-51-24-39)32(31)13-16-42(41,7)35(40)38(49)50/h13-15,19-20,26-28,30-31,33-36H,9-12,16-18,21-25H2,1-8H3,(H,49,50)/t28-,30-,31+,33-,34-,35-,36+,39-,40-,41-,42+,43+/m1/s1. The van der Waals surface area contributed by atoms with Gasteiger partial charge in [0, 0.05) is 29.4 Å². The van der Waals surface area contributed by atoms with E-state index in [9.17, 15) is 9.90 Å². The van der Waals surface area contributed by atoms with E-state index in [1.54, 1.807) is 6.33 Å². The van der Waals surface area contributed by atoms with Gasteiger partial charge in [-0.1, -0.05) is 60.1 Å². The van der Waals surface area contributed by atoms with E-state index in [0.29, 0.717) is 37.0 Å². The van der Waals surface area contributed by atoms with Crippen LogP contribution in [0.4, 0.5) is 0 Å². The Labute approximate surface area is 311 Å². The summed E-state index contributed by atoms with van der Waals surface area (Å²) >= 11 is 0. The van der Waals surface area contributed by atoms with Gasteiger partial charge in [0.2, 0.25) is 0 Å². The number of fused-ring (bicyclic) bond motifs is 3. The van der Waals surface area contributed by atoms with E-state index < -0.39 is 11.9 Å². The Morgan fingerprint density at radius 3 is 2.52 bits per heavy atom. The van der Waals surface area contributed by atoms with Crippen LogP contribution in [0.5, 0.6) is 0 Å². The second-order valence-corrected chi connectivity index (χ2v) is 19.4. The van der Waals surface area contributed by atoms with Crippen LogP contribution in [-0.4, -0.2) is 81.3 Å². The lowest BCUT2D eigenvalue weighted by atomic mass is 9.34. The molecule has 52 heavy (non-hydrogen) atoms. The zero-order valence-electron chi connectivity index (χ0n) is 33.0. The van der Waals surface area contributed by atoms with Crippen LogP contribution in [-0.2, 0) is 14.3 Å². The molecule has 3 saturated carbocycles. The van der Waals surface area contributed by atoms with Crippen LogP contribution in [0.1, 0.15) is 106 Å². The van der Waals surface area contributed by atoms with Crippen molar-refractivity contribution >= 4 is 5.97 Å². The summed E-state index contributed by atoms with van der Waals surface area (Å²) in [6, 6.07) is 4.41. The van der Waals surface area contributed by atoms with E-state index in [1.165, 1.54) is 12.0 Å². The average molecular weight is 714 g/mol. The molecule has 1 N–H and O–H groups in total. The minimum Gasteiger partial charge on any atom is -0.481 e. The van der Waals surface area contributed by atoms with Crippen LogP contribution in [0.25, 0.3) is 11.4 Å². The van der Waals surface area contributed by atoms with E-state index >= 15 is 0 Å². The van der Waals surface area contributed by atoms with Gasteiger partial charge in [0.05, 0.1) is 37.9 Å². The molecule has 0 aromatic carbocycles. The molecule has 2 bridgehead atoms. The first-order chi connectivity index (χ1) is 24.7. The quantitative estimate of drug-likeness (QED) is 0.275. The first kappa shape index (κ1) is 36.4. The number of nitrogens with zero attached hydrogens (tertiary/aromatic N) is 5. The van der Waals surface area contributed by atoms with Crippen LogP contribution in [0.2, 0.25) is 0 Å². The number of likely N-dealkylation sites (N-methyl/N-ethyl adjacent to an activating group) is 1. The summed E-state index contributed by atoms with van der Waals surface area (Å²) in [7, 11) is 2.23. The summed E-state index contributed by atoms with van der Waals surface area (Å²) in [5.41, 5.74) is 1.29. The Balaban J connectivity index is 1.28. The maximum absolute atomic E-state index is 13.6. The van der Waals surface area contributed by atoms with Crippen molar-refractivity contribution in [3.8, 4) is 11.4 Å². The number of likely N-dealkylation sites (tertiary alicyclic amines) is 1. The van der Waals surface area contributed by atoms with Crippen molar-refractivity contribution in [1.29, 1.82) is 0 Å². The number of aliphatic carboxylic acids is 1.